The van der Waals surface area contributed by atoms with Gasteiger partial charge in [-0.2, -0.15) is 0 Å². The average molecular weight is 340 g/mol. The maximum absolute atomic E-state index is 12.7. The molecule has 0 radical (unpaired) electrons. The number of imidazole rings is 1. The zero-order valence-electron chi connectivity index (χ0n) is 15.2. The normalized spacial score (nSPS) is 18.1. The molecular weight excluding hydrogens is 312 g/mol. The SMILES string of the molecule is CC1(C)CCCN(C(=O)[C@@H](N)Cc2cn(Cc3ccccc3)cn2)C1. The van der Waals surface area contributed by atoms with Gasteiger partial charge in [-0.15, -0.1) is 0 Å². The average Bonchev–Trinajstić information content (AvgIpc) is 3.01. The van der Waals surface area contributed by atoms with Crippen molar-refractivity contribution in [2.24, 2.45) is 11.1 Å². The number of nitrogens with two attached hydrogens (primary N) is 1. The van der Waals surface area contributed by atoms with Gasteiger partial charge in [0.1, 0.15) is 0 Å². The predicted octanol–water partition coefficient (Wildman–Crippen LogP) is 2.45. The molecule has 134 valence electrons. The van der Waals surface area contributed by atoms with Crippen molar-refractivity contribution in [2.75, 3.05) is 13.1 Å². The van der Waals surface area contributed by atoms with Gasteiger partial charge < -0.3 is 15.2 Å². The molecule has 0 unspecified atom stereocenters. The van der Waals surface area contributed by atoms with Gasteiger partial charge in [-0.05, 0) is 23.8 Å². The number of piperidine rings is 1. The number of likely N-dealkylation sites (tertiary alicyclic amines) is 1. The van der Waals surface area contributed by atoms with Crippen molar-refractivity contribution in [1.82, 2.24) is 14.5 Å². The van der Waals surface area contributed by atoms with Crippen LogP contribution in [0.2, 0.25) is 0 Å². The zero-order chi connectivity index (χ0) is 17.9. The number of hydrogen-bond donors (Lipinski definition) is 1. The molecule has 5 nitrogen and oxygen atoms in total. The van der Waals surface area contributed by atoms with Crippen LogP contribution in [0, 0.1) is 5.41 Å². The van der Waals surface area contributed by atoms with E-state index in [1.165, 1.54) is 5.56 Å². The molecule has 5 heteroatoms. The Morgan fingerprint density at radius 1 is 1.32 bits per heavy atom. The number of nitrogens with zero attached hydrogens (tertiary/aromatic N) is 3. The highest BCUT2D eigenvalue weighted by Crippen LogP contribution is 2.28. The molecule has 1 atom stereocenters. The number of rotatable bonds is 5. The minimum atomic E-state index is -0.519. The van der Waals surface area contributed by atoms with Crippen LogP contribution >= 0.6 is 0 Å². The van der Waals surface area contributed by atoms with Crippen molar-refractivity contribution in [3.8, 4) is 0 Å². The summed E-state index contributed by atoms with van der Waals surface area (Å²) in [7, 11) is 0. The fourth-order valence-electron chi connectivity index (χ4n) is 3.55. The third-order valence-electron chi connectivity index (χ3n) is 4.85. The second-order valence-electron chi connectivity index (χ2n) is 7.86. The first-order valence-corrected chi connectivity index (χ1v) is 9.02. The van der Waals surface area contributed by atoms with Crippen LogP contribution < -0.4 is 5.73 Å². The van der Waals surface area contributed by atoms with Gasteiger partial charge in [-0.25, -0.2) is 4.98 Å². The Morgan fingerprint density at radius 2 is 2.08 bits per heavy atom. The van der Waals surface area contributed by atoms with Crippen molar-refractivity contribution < 1.29 is 4.79 Å². The van der Waals surface area contributed by atoms with Crippen molar-refractivity contribution in [2.45, 2.75) is 45.7 Å². The van der Waals surface area contributed by atoms with E-state index >= 15 is 0 Å². The van der Waals surface area contributed by atoms with Gasteiger partial charge in [0.05, 0.1) is 18.1 Å². The van der Waals surface area contributed by atoms with E-state index in [-0.39, 0.29) is 11.3 Å². The number of aromatic nitrogens is 2. The van der Waals surface area contributed by atoms with E-state index in [4.69, 9.17) is 5.73 Å². The molecule has 1 aromatic carbocycles. The van der Waals surface area contributed by atoms with E-state index < -0.39 is 6.04 Å². The molecule has 0 aliphatic carbocycles. The third-order valence-corrected chi connectivity index (χ3v) is 4.85. The summed E-state index contributed by atoms with van der Waals surface area (Å²) in [5.74, 6) is 0.0467. The fraction of sp³-hybridized carbons (Fsp3) is 0.500. The number of hydrogen-bond acceptors (Lipinski definition) is 3. The minimum absolute atomic E-state index is 0.0467. The summed E-state index contributed by atoms with van der Waals surface area (Å²) in [5, 5.41) is 0. The number of amides is 1. The minimum Gasteiger partial charge on any atom is -0.341 e. The Balaban J connectivity index is 1.57. The molecule has 1 aliphatic heterocycles. The molecule has 1 aromatic heterocycles. The topological polar surface area (TPSA) is 64.2 Å². The quantitative estimate of drug-likeness (QED) is 0.909. The smallest absolute Gasteiger partial charge is 0.239 e. The highest BCUT2D eigenvalue weighted by atomic mass is 16.2. The third kappa shape index (κ3) is 4.69. The Labute approximate surface area is 149 Å². The number of benzene rings is 1. The summed E-state index contributed by atoms with van der Waals surface area (Å²) in [6.45, 7) is 6.81. The lowest BCUT2D eigenvalue weighted by molar-refractivity contribution is -0.135. The Morgan fingerprint density at radius 3 is 2.80 bits per heavy atom. The van der Waals surface area contributed by atoms with Gasteiger partial charge in [-0.1, -0.05) is 44.2 Å². The molecule has 1 amide bonds. The summed E-state index contributed by atoms with van der Waals surface area (Å²) in [6.07, 6.45) is 6.49. The van der Waals surface area contributed by atoms with E-state index in [2.05, 4.69) is 31.0 Å². The molecule has 3 rings (SSSR count). The van der Waals surface area contributed by atoms with Crippen LogP contribution in [-0.4, -0.2) is 39.5 Å². The summed E-state index contributed by atoms with van der Waals surface area (Å²) in [4.78, 5) is 19.0. The molecule has 0 spiro atoms. The predicted molar refractivity (Wildman–Crippen MR) is 99.0 cm³/mol. The Kier molecular flexibility index (Phi) is 5.23. The standard InChI is InChI=1S/C20H28N4O/c1-20(2)9-6-10-24(14-20)19(25)18(21)11-17-13-23(15-22-17)12-16-7-4-3-5-8-16/h3-5,7-8,13,15,18H,6,9-12,14,21H2,1-2H3/t18-/m0/s1. The lowest BCUT2D eigenvalue weighted by Gasteiger charge is -2.39. The van der Waals surface area contributed by atoms with Gasteiger partial charge in [-0.3, -0.25) is 4.79 Å². The van der Waals surface area contributed by atoms with Crippen molar-refractivity contribution in [3.05, 3.63) is 54.1 Å². The molecule has 1 aliphatic rings. The summed E-state index contributed by atoms with van der Waals surface area (Å²) in [6, 6.07) is 9.73. The molecule has 1 fully saturated rings. The van der Waals surface area contributed by atoms with E-state index in [0.29, 0.717) is 6.42 Å². The molecule has 0 saturated carbocycles. The molecule has 1 saturated heterocycles. The monoisotopic (exact) mass is 340 g/mol. The van der Waals surface area contributed by atoms with Gasteiger partial charge in [0.15, 0.2) is 0 Å². The largest absolute Gasteiger partial charge is 0.341 e. The molecule has 2 aromatic rings. The van der Waals surface area contributed by atoms with Gasteiger partial charge >= 0.3 is 0 Å². The van der Waals surface area contributed by atoms with Crippen LogP contribution in [0.25, 0.3) is 0 Å². The van der Waals surface area contributed by atoms with Crippen LogP contribution in [0.5, 0.6) is 0 Å². The highest BCUT2D eigenvalue weighted by molar-refractivity contribution is 5.82. The van der Waals surface area contributed by atoms with Crippen LogP contribution in [0.1, 0.15) is 37.9 Å². The maximum Gasteiger partial charge on any atom is 0.239 e. The molecule has 2 heterocycles. The second kappa shape index (κ2) is 7.40. The first-order valence-electron chi connectivity index (χ1n) is 9.02. The van der Waals surface area contributed by atoms with Crippen LogP contribution in [0.3, 0.4) is 0 Å². The highest BCUT2D eigenvalue weighted by Gasteiger charge is 2.31. The molecule has 0 bridgehead atoms. The second-order valence-corrected chi connectivity index (χ2v) is 7.86. The van der Waals surface area contributed by atoms with Crippen LogP contribution in [0.15, 0.2) is 42.9 Å². The van der Waals surface area contributed by atoms with Crippen molar-refractivity contribution in [1.29, 1.82) is 0 Å². The van der Waals surface area contributed by atoms with E-state index in [1.807, 2.05) is 40.2 Å². The first kappa shape index (κ1) is 17.7. The summed E-state index contributed by atoms with van der Waals surface area (Å²) in [5.41, 5.74) is 8.47. The van der Waals surface area contributed by atoms with Gasteiger partial charge in [0.2, 0.25) is 5.91 Å². The zero-order valence-corrected chi connectivity index (χ0v) is 15.2. The summed E-state index contributed by atoms with van der Waals surface area (Å²) < 4.78 is 2.03. The van der Waals surface area contributed by atoms with Gasteiger partial charge in [0, 0.05) is 32.3 Å². The van der Waals surface area contributed by atoms with Crippen LogP contribution in [0.4, 0.5) is 0 Å². The maximum atomic E-state index is 12.7. The number of carbonyl (C=O) groups is 1. The van der Waals surface area contributed by atoms with Crippen molar-refractivity contribution >= 4 is 5.91 Å². The Hall–Kier alpha value is -2.14. The van der Waals surface area contributed by atoms with E-state index in [1.54, 1.807) is 0 Å². The summed E-state index contributed by atoms with van der Waals surface area (Å²) >= 11 is 0. The first-order chi connectivity index (χ1) is 11.9. The molecule has 25 heavy (non-hydrogen) atoms. The Bertz CT molecular complexity index is 707. The van der Waals surface area contributed by atoms with Crippen molar-refractivity contribution in [3.63, 3.8) is 0 Å². The van der Waals surface area contributed by atoms with Crippen LogP contribution in [-0.2, 0) is 17.8 Å². The molecule has 2 N–H and O–H groups in total. The lowest BCUT2D eigenvalue weighted by Crippen LogP contribution is -2.50. The lowest BCUT2D eigenvalue weighted by atomic mass is 9.84. The van der Waals surface area contributed by atoms with E-state index in [9.17, 15) is 4.79 Å². The fourth-order valence-corrected chi connectivity index (χ4v) is 3.55. The number of carbonyl (C=O) groups excluding carboxylic acids is 1. The van der Waals surface area contributed by atoms with E-state index in [0.717, 1.165) is 38.2 Å². The molecular formula is C20H28N4O. The van der Waals surface area contributed by atoms with Gasteiger partial charge in [0.25, 0.3) is 0 Å².